The minimum Gasteiger partial charge on any atom is -0.378 e. The van der Waals surface area contributed by atoms with Crippen LogP contribution in [0.15, 0.2) is 91.0 Å². The van der Waals surface area contributed by atoms with E-state index in [1.54, 1.807) is 0 Å². The average Bonchev–Trinajstić information content (AvgIpc) is 2.61. The SMILES string of the molecule is [2H]c1ccccc1CCC(Nc1ccccc1)c1ccccc1. The van der Waals surface area contributed by atoms with E-state index in [1.807, 2.05) is 48.5 Å². The summed E-state index contributed by atoms with van der Waals surface area (Å²) in [5.74, 6) is 0. The zero-order chi connectivity index (χ0) is 15.9. The number of nitrogens with one attached hydrogen (secondary N) is 1. The first-order valence-electron chi connectivity index (χ1n) is 8.24. The molecule has 0 aliphatic rings. The lowest BCUT2D eigenvalue weighted by Crippen LogP contribution is -2.11. The van der Waals surface area contributed by atoms with Crippen molar-refractivity contribution in [2.45, 2.75) is 18.9 Å². The van der Waals surface area contributed by atoms with Gasteiger partial charge in [-0.3, -0.25) is 0 Å². The third-order valence-electron chi connectivity index (χ3n) is 3.79. The second-order valence-electron chi connectivity index (χ2n) is 5.40. The second-order valence-corrected chi connectivity index (χ2v) is 5.40. The molecule has 0 saturated heterocycles. The number of rotatable bonds is 6. The van der Waals surface area contributed by atoms with Gasteiger partial charge < -0.3 is 5.32 Å². The van der Waals surface area contributed by atoms with Crippen LogP contribution >= 0.6 is 0 Å². The highest BCUT2D eigenvalue weighted by Gasteiger charge is 2.11. The molecule has 1 N–H and O–H groups in total. The fraction of sp³-hybridized carbons (Fsp3) is 0.143. The molecule has 3 rings (SSSR count). The minimum absolute atomic E-state index is 0.234. The van der Waals surface area contributed by atoms with E-state index < -0.39 is 0 Å². The Kier molecular flexibility index (Phi) is 4.46. The Morgan fingerprint density at radius 1 is 0.773 bits per heavy atom. The average molecular weight is 288 g/mol. The van der Waals surface area contributed by atoms with E-state index >= 15 is 0 Å². The molecule has 0 aromatic heterocycles. The van der Waals surface area contributed by atoms with E-state index in [2.05, 4.69) is 41.7 Å². The van der Waals surface area contributed by atoms with Crippen molar-refractivity contribution in [1.29, 1.82) is 0 Å². The van der Waals surface area contributed by atoms with Gasteiger partial charge in [-0.25, -0.2) is 0 Å². The molecule has 0 spiro atoms. The van der Waals surface area contributed by atoms with E-state index in [-0.39, 0.29) is 6.04 Å². The van der Waals surface area contributed by atoms with Crippen LogP contribution in [0.2, 0.25) is 0 Å². The quantitative estimate of drug-likeness (QED) is 0.634. The van der Waals surface area contributed by atoms with Crippen LogP contribution in [-0.4, -0.2) is 0 Å². The van der Waals surface area contributed by atoms with Gasteiger partial charge >= 0.3 is 0 Å². The maximum absolute atomic E-state index is 8.02. The van der Waals surface area contributed by atoms with Crippen LogP contribution in [0.1, 0.15) is 25.0 Å². The smallest absolute Gasteiger partial charge is 0.0626 e. The molecule has 0 amide bonds. The zero-order valence-corrected chi connectivity index (χ0v) is 12.6. The summed E-state index contributed by atoms with van der Waals surface area (Å²) in [7, 11) is 0. The molecule has 0 aliphatic carbocycles. The lowest BCUT2D eigenvalue weighted by molar-refractivity contribution is 0.693. The van der Waals surface area contributed by atoms with Crippen molar-refractivity contribution in [3.05, 3.63) is 102 Å². The van der Waals surface area contributed by atoms with Crippen molar-refractivity contribution in [1.82, 2.24) is 0 Å². The fourth-order valence-corrected chi connectivity index (χ4v) is 2.63. The number of benzene rings is 3. The van der Waals surface area contributed by atoms with Gasteiger partial charge in [-0.05, 0) is 36.1 Å². The molecule has 3 aromatic rings. The summed E-state index contributed by atoms with van der Waals surface area (Å²) in [5.41, 5.74) is 3.50. The van der Waals surface area contributed by atoms with Gasteiger partial charge in [-0.15, -0.1) is 0 Å². The Morgan fingerprint density at radius 3 is 2.14 bits per heavy atom. The van der Waals surface area contributed by atoms with E-state index in [1.165, 1.54) is 5.56 Å². The van der Waals surface area contributed by atoms with E-state index in [4.69, 9.17) is 1.37 Å². The predicted molar refractivity (Wildman–Crippen MR) is 94.0 cm³/mol. The van der Waals surface area contributed by atoms with E-state index in [9.17, 15) is 0 Å². The Labute approximate surface area is 134 Å². The number of para-hydroxylation sites is 1. The Hall–Kier alpha value is -2.54. The molecule has 0 fully saturated rings. The van der Waals surface area contributed by atoms with Crippen molar-refractivity contribution in [2.75, 3.05) is 5.32 Å². The second kappa shape index (κ2) is 7.46. The largest absolute Gasteiger partial charge is 0.378 e. The lowest BCUT2D eigenvalue weighted by atomic mass is 9.98. The van der Waals surface area contributed by atoms with Crippen LogP contribution < -0.4 is 5.32 Å². The Morgan fingerprint density at radius 2 is 1.41 bits per heavy atom. The van der Waals surface area contributed by atoms with Crippen molar-refractivity contribution in [3.8, 4) is 0 Å². The number of hydrogen-bond acceptors (Lipinski definition) is 1. The molecule has 110 valence electrons. The van der Waals surface area contributed by atoms with Crippen LogP contribution in [0, 0.1) is 0 Å². The van der Waals surface area contributed by atoms with Crippen LogP contribution in [0.4, 0.5) is 5.69 Å². The van der Waals surface area contributed by atoms with Crippen LogP contribution in [0.25, 0.3) is 0 Å². The standard InChI is InChI=1S/C21H21N/c1-4-10-18(11-5-1)16-17-21(19-12-6-2-7-13-19)22-20-14-8-3-9-15-20/h1-15,21-22H,16-17H2/i10D. The maximum atomic E-state index is 8.02. The van der Waals surface area contributed by atoms with Crippen LogP contribution in [0.3, 0.4) is 0 Å². The minimum atomic E-state index is 0.234. The lowest BCUT2D eigenvalue weighted by Gasteiger charge is -2.20. The molecule has 1 heteroatoms. The number of aryl methyl sites for hydroxylation is 1. The first kappa shape index (κ1) is 13.1. The molecule has 0 saturated carbocycles. The summed E-state index contributed by atoms with van der Waals surface area (Å²) in [6.45, 7) is 0. The summed E-state index contributed by atoms with van der Waals surface area (Å²) < 4.78 is 8.02. The molecule has 1 atom stereocenters. The third-order valence-corrected chi connectivity index (χ3v) is 3.79. The molecule has 0 aliphatic heterocycles. The Bertz CT molecular complexity index is 725. The molecule has 0 bridgehead atoms. The van der Waals surface area contributed by atoms with Crippen LogP contribution in [0.5, 0.6) is 0 Å². The summed E-state index contributed by atoms with van der Waals surface area (Å²) in [5, 5.41) is 3.62. The normalized spacial score (nSPS) is 12.5. The van der Waals surface area contributed by atoms with Gasteiger partial charge in [0.25, 0.3) is 0 Å². The molecule has 0 heterocycles. The van der Waals surface area contributed by atoms with Crippen molar-refractivity contribution in [2.24, 2.45) is 0 Å². The monoisotopic (exact) mass is 288 g/mol. The third kappa shape index (κ3) is 3.98. The van der Waals surface area contributed by atoms with Gasteiger partial charge in [0, 0.05) is 5.69 Å². The summed E-state index contributed by atoms with van der Waals surface area (Å²) in [6, 6.07) is 29.5. The first-order valence-corrected chi connectivity index (χ1v) is 7.74. The number of hydrogen-bond donors (Lipinski definition) is 1. The molecule has 3 aromatic carbocycles. The van der Waals surface area contributed by atoms with Gasteiger partial charge in [-0.1, -0.05) is 78.8 Å². The van der Waals surface area contributed by atoms with E-state index in [0.717, 1.165) is 24.1 Å². The predicted octanol–water partition coefficient (Wildman–Crippen LogP) is 5.47. The van der Waals surface area contributed by atoms with Gasteiger partial charge in [0.1, 0.15) is 0 Å². The van der Waals surface area contributed by atoms with Gasteiger partial charge in [0.2, 0.25) is 0 Å². The topological polar surface area (TPSA) is 12.0 Å². The van der Waals surface area contributed by atoms with Gasteiger partial charge in [-0.2, -0.15) is 0 Å². The highest BCUT2D eigenvalue weighted by atomic mass is 14.9. The molecule has 0 radical (unpaired) electrons. The van der Waals surface area contributed by atoms with Crippen LogP contribution in [-0.2, 0) is 6.42 Å². The molecule has 22 heavy (non-hydrogen) atoms. The molecule has 1 unspecified atom stereocenters. The zero-order valence-electron chi connectivity index (χ0n) is 13.6. The highest BCUT2D eigenvalue weighted by molar-refractivity contribution is 5.45. The van der Waals surface area contributed by atoms with E-state index in [0.29, 0.717) is 6.04 Å². The van der Waals surface area contributed by atoms with Crippen molar-refractivity contribution >= 4 is 5.69 Å². The molecule has 1 nitrogen and oxygen atoms in total. The van der Waals surface area contributed by atoms with Crippen molar-refractivity contribution < 1.29 is 1.37 Å². The maximum Gasteiger partial charge on any atom is 0.0626 e. The van der Waals surface area contributed by atoms with Crippen molar-refractivity contribution in [3.63, 3.8) is 0 Å². The summed E-state index contributed by atoms with van der Waals surface area (Å²) in [6.07, 6.45) is 1.84. The molecular formula is C21H21N. The summed E-state index contributed by atoms with van der Waals surface area (Å²) in [4.78, 5) is 0. The first-order chi connectivity index (χ1) is 11.3. The highest BCUT2D eigenvalue weighted by Crippen LogP contribution is 2.24. The number of anilines is 1. The summed E-state index contributed by atoms with van der Waals surface area (Å²) >= 11 is 0. The molecular weight excluding hydrogens is 266 g/mol. The van der Waals surface area contributed by atoms with Gasteiger partial charge in [0.05, 0.1) is 7.41 Å². The fourth-order valence-electron chi connectivity index (χ4n) is 2.63. The Balaban J connectivity index is 1.77. The van der Waals surface area contributed by atoms with Gasteiger partial charge in [0.15, 0.2) is 0 Å².